The fraction of sp³-hybridized carbons (Fsp3) is 0.231. The SMILES string of the molecule is COc1cc(NC(C)c2ccco2)ccc1F. The van der Waals surface area contributed by atoms with Crippen molar-refractivity contribution in [3.05, 3.63) is 48.2 Å². The van der Waals surface area contributed by atoms with E-state index in [-0.39, 0.29) is 17.6 Å². The van der Waals surface area contributed by atoms with Crippen LogP contribution in [0.5, 0.6) is 5.75 Å². The van der Waals surface area contributed by atoms with E-state index in [0.717, 1.165) is 11.4 Å². The molecule has 1 atom stereocenters. The van der Waals surface area contributed by atoms with Crippen LogP contribution in [0.2, 0.25) is 0 Å². The molecule has 0 radical (unpaired) electrons. The van der Waals surface area contributed by atoms with Gasteiger partial charge in [0.15, 0.2) is 11.6 Å². The van der Waals surface area contributed by atoms with E-state index < -0.39 is 0 Å². The number of rotatable bonds is 4. The van der Waals surface area contributed by atoms with E-state index in [2.05, 4.69) is 5.32 Å². The van der Waals surface area contributed by atoms with E-state index in [1.54, 1.807) is 18.4 Å². The van der Waals surface area contributed by atoms with Gasteiger partial charge in [0.05, 0.1) is 19.4 Å². The molecule has 1 aromatic carbocycles. The molecule has 0 spiro atoms. The second-order valence-corrected chi connectivity index (χ2v) is 3.73. The number of methoxy groups -OCH3 is 1. The first kappa shape index (κ1) is 11.5. The van der Waals surface area contributed by atoms with Gasteiger partial charge >= 0.3 is 0 Å². The Kier molecular flexibility index (Phi) is 3.32. The van der Waals surface area contributed by atoms with Gasteiger partial charge in [-0.25, -0.2) is 4.39 Å². The minimum absolute atomic E-state index is 0.0140. The Morgan fingerprint density at radius 3 is 2.82 bits per heavy atom. The topological polar surface area (TPSA) is 34.4 Å². The molecule has 1 unspecified atom stereocenters. The number of benzene rings is 1. The maximum Gasteiger partial charge on any atom is 0.165 e. The minimum Gasteiger partial charge on any atom is -0.494 e. The van der Waals surface area contributed by atoms with Crippen LogP contribution in [0.25, 0.3) is 0 Å². The van der Waals surface area contributed by atoms with E-state index in [0.29, 0.717) is 0 Å². The summed E-state index contributed by atoms with van der Waals surface area (Å²) in [7, 11) is 1.44. The number of ether oxygens (including phenoxy) is 1. The number of furan rings is 1. The van der Waals surface area contributed by atoms with Gasteiger partial charge in [-0.15, -0.1) is 0 Å². The molecule has 17 heavy (non-hydrogen) atoms. The van der Waals surface area contributed by atoms with Crippen LogP contribution in [-0.2, 0) is 0 Å². The van der Waals surface area contributed by atoms with Gasteiger partial charge in [0.2, 0.25) is 0 Å². The number of halogens is 1. The zero-order chi connectivity index (χ0) is 12.3. The van der Waals surface area contributed by atoms with Crippen molar-refractivity contribution >= 4 is 5.69 Å². The first-order valence-electron chi connectivity index (χ1n) is 5.34. The molecule has 0 bridgehead atoms. The fourth-order valence-corrected chi connectivity index (χ4v) is 1.61. The molecule has 0 amide bonds. The lowest BCUT2D eigenvalue weighted by Crippen LogP contribution is -2.05. The van der Waals surface area contributed by atoms with Crippen LogP contribution in [0.1, 0.15) is 18.7 Å². The highest BCUT2D eigenvalue weighted by Gasteiger charge is 2.09. The predicted molar refractivity (Wildman–Crippen MR) is 63.7 cm³/mol. The van der Waals surface area contributed by atoms with Gasteiger partial charge in [-0.2, -0.15) is 0 Å². The zero-order valence-electron chi connectivity index (χ0n) is 9.74. The number of nitrogens with one attached hydrogen (secondary N) is 1. The third-order valence-electron chi connectivity index (χ3n) is 2.50. The van der Waals surface area contributed by atoms with Gasteiger partial charge in [0, 0.05) is 11.8 Å². The molecule has 0 aliphatic carbocycles. The van der Waals surface area contributed by atoms with Crippen LogP contribution in [0.3, 0.4) is 0 Å². The standard InChI is InChI=1S/C13H14FNO2/c1-9(12-4-3-7-17-12)15-10-5-6-11(14)13(8-10)16-2/h3-9,15H,1-2H3. The lowest BCUT2D eigenvalue weighted by molar-refractivity contribution is 0.386. The van der Waals surface area contributed by atoms with Crippen LogP contribution in [-0.4, -0.2) is 7.11 Å². The molecule has 0 fully saturated rings. The third-order valence-corrected chi connectivity index (χ3v) is 2.50. The van der Waals surface area contributed by atoms with Gasteiger partial charge in [-0.1, -0.05) is 0 Å². The molecule has 0 aliphatic rings. The maximum atomic E-state index is 13.2. The Morgan fingerprint density at radius 1 is 1.35 bits per heavy atom. The van der Waals surface area contributed by atoms with Crippen molar-refractivity contribution in [3.8, 4) is 5.75 Å². The summed E-state index contributed by atoms with van der Waals surface area (Å²) in [4.78, 5) is 0. The van der Waals surface area contributed by atoms with Crippen molar-refractivity contribution in [2.24, 2.45) is 0 Å². The molecule has 0 aliphatic heterocycles. The Labute approximate surface area is 99.2 Å². The first-order valence-corrected chi connectivity index (χ1v) is 5.34. The second kappa shape index (κ2) is 4.91. The van der Waals surface area contributed by atoms with Gasteiger partial charge in [0.1, 0.15) is 5.76 Å². The Hall–Kier alpha value is -1.97. The van der Waals surface area contributed by atoms with Crippen LogP contribution in [0, 0.1) is 5.82 Å². The van der Waals surface area contributed by atoms with Crippen LogP contribution >= 0.6 is 0 Å². The Morgan fingerprint density at radius 2 is 2.18 bits per heavy atom. The van der Waals surface area contributed by atoms with E-state index in [4.69, 9.17) is 9.15 Å². The number of anilines is 1. The van der Waals surface area contributed by atoms with Crippen molar-refractivity contribution in [1.82, 2.24) is 0 Å². The summed E-state index contributed by atoms with van der Waals surface area (Å²) in [6, 6.07) is 8.39. The quantitative estimate of drug-likeness (QED) is 0.879. The van der Waals surface area contributed by atoms with Crippen molar-refractivity contribution in [1.29, 1.82) is 0 Å². The molecule has 90 valence electrons. The molecule has 0 saturated heterocycles. The third kappa shape index (κ3) is 2.58. The lowest BCUT2D eigenvalue weighted by atomic mass is 10.2. The van der Waals surface area contributed by atoms with Crippen molar-refractivity contribution < 1.29 is 13.5 Å². The highest BCUT2D eigenvalue weighted by molar-refractivity contribution is 5.49. The highest BCUT2D eigenvalue weighted by Crippen LogP contribution is 2.25. The first-order chi connectivity index (χ1) is 8.20. The summed E-state index contributed by atoms with van der Waals surface area (Å²) in [5, 5.41) is 3.21. The van der Waals surface area contributed by atoms with Gasteiger partial charge in [0.25, 0.3) is 0 Å². The van der Waals surface area contributed by atoms with Crippen molar-refractivity contribution in [3.63, 3.8) is 0 Å². The molecule has 2 aromatic rings. The van der Waals surface area contributed by atoms with Gasteiger partial charge < -0.3 is 14.5 Å². The summed E-state index contributed by atoms with van der Waals surface area (Å²) in [6.45, 7) is 1.97. The summed E-state index contributed by atoms with van der Waals surface area (Å²) in [5.41, 5.74) is 0.784. The maximum absolute atomic E-state index is 13.2. The zero-order valence-corrected chi connectivity index (χ0v) is 9.74. The fourth-order valence-electron chi connectivity index (χ4n) is 1.61. The summed E-state index contributed by atoms with van der Waals surface area (Å²) < 4.78 is 23.4. The lowest BCUT2D eigenvalue weighted by Gasteiger charge is -2.13. The molecule has 4 heteroatoms. The number of hydrogen-bond donors (Lipinski definition) is 1. The highest BCUT2D eigenvalue weighted by atomic mass is 19.1. The molecule has 3 nitrogen and oxygen atoms in total. The predicted octanol–water partition coefficient (Wildman–Crippen LogP) is 3.60. The summed E-state index contributed by atoms with van der Waals surface area (Å²) in [5.74, 6) is 0.679. The molecular weight excluding hydrogens is 221 g/mol. The smallest absolute Gasteiger partial charge is 0.165 e. The molecule has 1 N–H and O–H groups in total. The molecular formula is C13H14FNO2. The van der Waals surface area contributed by atoms with Crippen molar-refractivity contribution in [2.45, 2.75) is 13.0 Å². The molecule has 1 heterocycles. The second-order valence-electron chi connectivity index (χ2n) is 3.73. The summed E-state index contributed by atoms with van der Waals surface area (Å²) >= 11 is 0. The van der Waals surface area contributed by atoms with Crippen LogP contribution < -0.4 is 10.1 Å². The van der Waals surface area contributed by atoms with Crippen molar-refractivity contribution in [2.75, 3.05) is 12.4 Å². The van der Waals surface area contributed by atoms with Gasteiger partial charge in [-0.3, -0.25) is 0 Å². The average molecular weight is 235 g/mol. The van der Waals surface area contributed by atoms with E-state index in [9.17, 15) is 4.39 Å². The molecule has 2 rings (SSSR count). The van der Waals surface area contributed by atoms with E-state index >= 15 is 0 Å². The average Bonchev–Trinajstić information content (AvgIpc) is 2.85. The Bertz CT molecular complexity index is 482. The summed E-state index contributed by atoms with van der Waals surface area (Å²) in [6.07, 6.45) is 1.62. The van der Waals surface area contributed by atoms with E-state index in [1.165, 1.54) is 13.2 Å². The van der Waals surface area contributed by atoms with Crippen LogP contribution in [0.4, 0.5) is 10.1 Å². The largest absolute Gasteiger partial charge is 0.494 e. The minimum atomic E-state index is -0.372. The van der Waals surface area contributed by atoms with Gasteiger partial charge in [-0.05, 0) is 31.2 Å². The van der Waals surface area contributed by atoms with Crippen LogP contribution in [0.15, 0.2) is 41.0 Å². The van der Waals surface area contributed by atoms with E-state index in [1.807, 2.05) is 19.1 Å². The molecule has 0 saturated carbocycles. The number of hydrogen-bond acceptors (Lipinski definition) is 3. The monoisotopic (exact) mass is 235 g/mol. The molecule has 1 aromatic heterocycles. The normalized spacial score (nSPS) is 12.2. The Balaban J connectivity index is 2.13.